The topological polar surface area (TPSA) is 96.2 Å². The van der Waals surface area contributed by atoms with Gasteiger partial charge in [0.15, 0.2) is 0 Å². The fourth-order valence-electron chi connectivity index (χ4n) is 2.83. The van der Waals surface area contributed by atoms with Gasteiger partial charge in [0.1, 0.15) is 12.1 Å². The molecule has 2 aromatic rings. The van der Waals surface area contributed by atoms with Crippen molar-refractivity contribution in [3.8, 4) is 11.9 Å². The highest BCUT2D eigenvalue weighted by Crippen LogP contribution is 2.27. The summed E-state index contributed by atoms with van der Waals surface area (Å²) >= 11 is 0. The van der Waals surface area contributed by atoms with Crippen molar-refractivity contribution in [3.63, 3.8) is 0 Å². The van der Waals surface area contributed by atoms with E-state index in [1.165, 1.54) is 22.8 Å². The van der Waals surface area contributed by atoms with Crippen LogP contribution >= 0.6 is 0 Å². The van der Waals surface area contributed by atoms with Gasteiger partial charge in [-0.05, 0) is 25.1 Å². The van der Waals surface area contributed by atoms with Gasteiger partial charge >= 0.3 is 0 Å². The molecule has 0 saturated carbocycles. The van der Waals surface area contributed by atoms with Gasteiger partial charge in [-0.3, -0.25) is 0 Å². The lowest BCUT2D eigenvalue weighted by Crippen LogP contribution is -2.37. The van der Waals surface area contributed by atoms with Crippen LogP contribution in [0.1, 0.15) is 29.3 Å². The zero-order chi connectivity index (χ0) is 18.7. The largest absolute Gasteiger partial charge is 0.478 e. The van der Waals surface area contributed by atoms with Gasteiger partial charge < -0.3 is 4.74 Å². The molecule has 9 heteroatoms. The summed E-state index contributed by atoms with van der Waals surface area (Å²) in [6.07, 6.45) is 1.83. The van der Waals surface area contributed by atoms with Crippen LogP contribution in [0.4, 0.5) is 4.39 Å². The third-order valence-electron chi connectivity index (χ3n) is 4.11. The van der Waals surface area contributed by atoms with Crippen molar-refractivity contribution in [2.45, 2.75) is 25.6 Å². The number of nitriles is 1. The van der Waals surface area contributed by atoms with E-state index in [2.05, 4.69) is 9.97 Å². The first kappa shape index (κ1) is 18.2. The molecule has 0 unspecified atom stereocenters. The van der Waals surface area contributed by atoms with Crippen molar-refractivity contribution in [1.29, 1.82) is 5.26 Å². The Morgan fingerprint density at radius 3 is 2.92 bits per heavy atom. The zero-order valence-electron chi connectivity index (χ0n) is 14.1. The smallest absolute Gasteiger partial charge is 0.221 e. The Balaban J connectivity index is 1.87. The lowest BCUT2D eigenvalue weighted by atomic mass is 10.1. The molecule has 0 atom stereocenters. The molecule has 1 aliphatic rings. The maximum Gasteiger partial charge on any atom is 0.221 e. The summed E-state index contributed by atoms with van der Waals surface area (Å²) in [5, 5.41) is 8.93. The van der Waals surface area contributed by atoms with E-state index in [1.807, 2.05) is 13.0 Å². The minimum atomic E-state index is -3.79. The first-order valence-electron chi connectivity index (χ1n) is 8.06. The average Bonchev–Trinajstić information content (AvgIpc) is 2.63. The Hall–Kier alpha value is -2.57. The van der Waals surface area contributed by atoms with E-state index in [-0.39, 0.29) is 24.2 Å². The summed E-state index contributed by atoms with van der Waals surface area (Å²) in [7, 11) is -3.79. The van der Waals surface area contributed by atoms with Crippen molar-refractivity contribution < 1.29 is 17.5 Å². The maximum absolute atomic E-state index is 14.0. The Kier molecular flexibility index (Phi) is 5.15. The molecule has 1 aromatic heterocycles. The number of fused-ring (bicyclic) bond motifs is 1. The van der Waals surface area contributed by atoms with Crippen molar-refractivity contribution in [2.75, 3.05) is 13.2 Å². The van der Waals surface area contributed by atoms with Crippen LogP contribution in [0.3, 0.4) is 0 Å². The molecule has 0 aliphatic carbocycles. The second kappa shape index (κ2) is 7.35. The highest BCUT2D eigenvalue weighted by molar-refractivity contribution is 7.88. The lowest BCUT2D eigenvalue weighted by Gasteiger charge is -2.28. The van der Waals surface area contributed by atoms with E-state index >= 15 is 0 Å². The van der Waals surface area contributed by atoms with Crippen molar-refractivity contribution >= 4 is 10.0 Å². The highest BCUT2D eigenvalue weighted by atomic mass is 32.2. The van der Waals surface area contributed by atoms with E-state index in [1.54, 1.807) is 0 Å². The molecule has 0 fully saturated rings. The third kappa shape index (κ3) is 3.66. The lowest BCUT2D eigenvalue weighted by molar-refractivity contribution is 0.307. The quantitative estimate of drug-likeness (QED) is 0.789. The van der Waals surface area contributed by atoms with Gasteiger partial charge in [-0.1, -0.05) is 0 Å². The van der Waals surface area contributed by atoms with Crippen LogP contribution in [0.2, 0.25) is 0 Å². The molecule has 0 N–H and O–H groups in total. The Bertz CT molecular complexity index is 972. The number of rotatable bonds is 5. The molecule has 0 bridgehead atoms. The molecule has 0 radical (unpaired) electrons. The molecular weight excluding hydrogens is 359 g/mol. The molecule has 0 amide bonds. The van der Waals surface area contributed by atoms with Crippen LogP contribution < -0.4 is 4.74 Å². The summed E-state index contributed by atoms with van der Waals surface area (Å²) in [5.74, 6) is -0.792. The molecule has 0 saturated heterocycles. The van der Waals surface area contributed by atoms with Crippen LogP contribution in [0.25, 0.3) is 0 Å². The van der Waals surface area contributed by atoms with Crippen LogP contribution in [0.5, 0.6) is 5.88 Å². The number of sulfonamides is 1. The Labute approximate surface area is 151 Å². The van der Waals surface area contributed by atoms with Crippen LogP contribution in [0.15, 0.2) is 24.5 Å². The summed E-state index contributed by atoms with van der Waals surface area (Å²) in [5.41, 5.74) is 1.58. The van der Waals surface area contributed by atoms with Crippen LogP contribution in [-0.4, -0.2) is 35.8 Å². The first-order chi connectivity index (χ1) is 12.4. The standard InChI is InChI=1S/C17H17FN4O3S/c1-2-25-17-14-9-22(6-5-16(14)20-11-21-17)26(23,24)10-13-7-12(8-19)3-4-15(13)18/h3-4,7,11H,2,5-6,9-10H2,1H3. The van der Waals surface area contributed by atoms with Gasteiger partial charge in [0.2, 0.25) is 15.9 Å². The SMILES string of the molecule is CCOc1ncnc2c1CN(S(=O)(=O)Cc1cc(C#N)ccc1F)CC2. The van der Waals surface area contributed by atoms with Crippen LogP contribution in [0, 0.1) is 17.1 Å². The second-order valence-corrected chi connectivity index (χ2v) is 7.76. The molecule has 136 valence electrons. The Morgan fingerprint density at radius 2 is 2.19 bits per heavy atom. The average molecular weight is 376 g/mol. The number of nitrogens with zero attached hydrogens (tertiary/aromatic N) is 4. The van der Waals surface area contributed by atoms with E-state index in [0.29, 0.717) is 24.5 Å². The van der Waals surface area contributed by atoms with Gasteiger partial charge in [0.25, 0.3) is 0 Å². The van der Waals surface area contributed by atoms with E-state index in [0.717, 1.165) is 11.8 Å². The number of benzene rings is 1. The normalized spacial score (nSPS) is 14.5. The predicted molar refractivity (Wildman–Crippen MR) is 91.1 cm³/mol. The molecule has 0 spiro atoms. The summed E-state index contributed by atoms with van der Waals surface area (Å²) < 4.78 is 46.3. The number of hydrogen-bond donors (Lipinski definition) is 0. The molecule has 1 aliphatic heterocycles. The van der Waals surface area contributed by atoms with Gasteiger partial charge in [0.05, 0.1) is 35.2 Å². The number of hydrogen-bond acceptors (Lipinski definition) is 6. The van der Waals surface area contributed by atoms with E-state index in [4.69, 9.17) is 10.00 Å². The molecule has 2 heterocycles. The second-order valence-electron chi connectivity index (χ2n) is 5.79. The highest BCUT2D eigenvalue weighted by Gasteiger charge is 2.30. The first-order valence-corrected chi connectivity index (χ1v) is 9.67. The van der Waals surface area contributed by atoms with Gasteiger partial charge in [-0.25, -0.2) is 22.8 Å². The van der Waals surface area contributed by atoms with Gasteiger partial charge in [-0.2, -0.15) is 9.57 Å². The molecule has 3 rings (SSSR count). The number of ether oxygens (including phenoxy) is 1. The minimum Gasteiger partial charge on any atom is -0.478 e. The number of aromatic nitrogens is 2. The summed E-state index contributed by atoms with van der Waals surface area (Å²) in [4.78, 5) is 8.26. The van der Waals surface area contributed by atoms with Gasteiger partial charge in [-0.15, -0.1) is 0 Å². The summed E-state index contributed by atoms with van der Waals surface area (Å²) in [6.45, 7) is 2.55. The minimum absolute atomic E-state index is 0.0239. The van der Waals surface area contributed by atoms with Crippen molar-refractivity contribution in [2.24, 2.45) is 0 Å². The molecule has 26 heavy (non-hydrogen) atoms. The van der Waals surface area contributed by atoms with Gasteiger partial charge in [0, 0.05) is 25.1 Å². The van der Waals surface area contributed by atoms with E-state index < -0.39 is 21.6 Å². The molecule has 7 nitrogen and oxygen atoms in total. The van der Waals surface area contributed by atoms with E-state index in [9.17, 15) is 12.8 Å². The maximum atomic E-state index is 14.0. The molecule has 1 aromatic carbocycles. The fourth-order valence-corrected chi connectivity index (χ4v) is 4.32. The summed E-state index contributed by atoms with van der Waals surface area (Å²) in [6, 6.07) is 5.57. The van der Waals surface area contributed by atoms with Crippen LogP contribution in [-0.2, 0) is 28.7 Å². The van der Waals surface area contributed by atoms with Crippen molar-refractivity contribution in [1.82, 2.24) is 14.3 Å². The third-order valence-corrected chi connectivity index (χ3v) is 5.89. The number of halogens is 1. The predicted octanol–water partition coefficient (Wildman–Crippen LogP) is 1.77. The molecular formula is C17H17FN4O3S. The Morgan fingerprint density at radius 1 is 1.38 bits per heavy atom. The zero-order valence-corrected chi connectivity index (χ0v) is 15.0. The fraction of sp³-hybridized carbons (Fsp3) is 0.353. The van der Waals surface area contributed by atoms with Crippen molar-refractivity contribution in [3.05, 3.63) is 52.7 Å². The monoisotopic (exact) mass is 376 g/mol.